The van der Waals surface area contributed by atoms with E-state index in [9.17, 15) is 4.79 Å². The summed E-state index contributed by atoms with van der Waals surface area (Å²) >= 11 is 0. The first kappa shape index (κ1) is 13.2. The van der Waals surface area contributed by atoms with E-state index < -0.39 is 6.09 Å². The van der Waals surface area contributed by atoms with Crippen LogP contribution in [0.5, 0.6) is 5.75 Å². The normalized spacial score (nSPS) is 12.1. The van der Waals surface area contributed by atoms with Crippen molar-refractivity contribution < 1.29 is 14.6 Å². The van der Waals surface area contributed by atoms with Crippen LogP contribution in [0.3, 0.4) is 0 Å². The fraction of sp³-hybridized carbons (Fsp3) is 0.267. The van der Waals surface area contributed by atoms with Crippen LogP contribution in [-0.2, 0) is 0 Å². The molecule has 100 valence electrons. The van der Waals surface area contributed by atoms with E-state index in [2.05, 4.69) is 11.4 Å². The molecule has 4 heteroatoms. The van der Waals surface area contributed by atoms with Gasteiger partial charge >= 0.3 is 6.09 Å². The molecule has 0 aliphatic carbocycles. The summed E-state index contributed by atoms with van der Waals surface area (Å²) in [6.45, 7) is 2.41. The van der Waals surface area contributed by atoms with Crippen molar-refractivity contribution >= 4 is 16.9 Å². The number of benzene rings is 2. The molecule has 0 saturated heterocycles. The van der Waals surface area contributed by atoms with E-state index in [0.29, 0.717) is 6.54 Å². The van der Waals surface area contributed by atoms with Gasteiger partial charge in [-0.15, -0.1) is 0 Å². The van der Waals surface area contributed by atoms with Gasteiger partial charge in [0.15, 0.2) is 0 Å². The van der Waals surface area contributed by atoms with Crippen LogP contribution in [0.1, 0.15) is 18.4 Å². The number of carboxylic acid groups (broad SMARTS) is 1. The second-order valence-electron chi connectivity index (χ2n) is 4.56. The highest BCUT2D eigenvalue weighted by molar-refractivity contribution is 5.84. The SMILES string of the molecule is COc1ccc2cc([C@H](C)CNC(=O)O)ccc2c1. The van der Waals surface area contributed by atoms with Crippen molar-refractivity contribution in [1.29, 1.82) is 0 Å². The van der Waals surface area contributed by atoms with Gasteiger partial charge in [-0.1, -0.05) is 31.2 Å². The zero-order chi connectivity index (χ0) is 13.8. The fourth-order valence-corrected chi connectivity index (χ4v) is 2.03. The maximum absolute atomic E-state index is 10.5. The fourth-order valence-electron chi connectivity index (χ4n) is 2.03. The monoisotopic (exact) mass is 259 g/mol. The summed E-state index contributed by atoms with van der Waals surface area (Å²) in [5, 5.41) is 13.3. The van der Waals surface area contributed by atoms with E-state index in [-0.39, 0.29) is 5.92 Å². The molecule has 0 heterocycles. The quantitative estimate of drug-likeness (QED) is 0.886. The van der Waals surface area contributed by atoms with E-state index in [1.165, 1.54) is 0 Å². The van der Waals surface area contributed by atoms with Crippen LogP contribution in [0.4, 0.5) is 4.79 Å². The first-order chi connectivity index (χ1) is 9.10. The number of methoxy groups -OCH3 is 1. The van der Waals surface area contributed by atoms with Gasteiger partial charge in [-0.25, -0.2) is 4.79 Å². The average molecular weight is 259 g/mol. The first-order valence-electron chi connectivity index (χ1n) is 6.14. The van der Waals surface area contributed by atoms with E-state index in [4.69, 9.17) is 9.84 Å². The largest absolute Gasteiger partial charge is 0.497 e. The van der Waals surface area contributed by atoms with Crippen LogP contribution in [0.25, 0.3) is 10.8 Å². The van der Waals surface area contributed by atoms with Gasteiger partial charge in [0.25, 0.3) is 0 Å². The van der Waals surface area contributed by atoms with Crippen LogP contribution >= 0.6 is 0 Å². The van der Waals surface area contributed by atoms with Crippen molar-refractivity contribution in [3.05, 3.63) is 42.0 Å². The zero-order valence-corrected chi connectivity index (χ0v) is 11.0. The third-order valence-corrected chi connectivity index (χ3v) is 3.20. The minimum Gasteiger partial charge on any atom is -0.497 e. The van der Waals surface area contributed by atoms with E-state index in [1.807, 2.05) is 37.3 Å². The molecule has 0 aliphatic heterocycles. The van der Waals surface area contributed by atoms with E-state index >= 15 is 0 Å². The molecule has 0 bridgehead atoms. The number of fused-ring (bicyclic) bond motifs is 1. The summed E-state index contributed by atoms with van der Waals surface area (Å²) in [4.78, 5) is 10.5. The van der Waals surface area contributed by atoms with Gasteiger partial charge < -0.3 is 15.2 Å². The van der Waals surface area contributed by atoms with Crippen LogP contribution in [0.2, 0.25) is 0 Å². The lowest BCUT2D eigenvalue weighted by atomic mass is 9.97. The van der Waals surface area contributed by atoms with Crippen molar-refractivity contribution in [2.45, 2.75) is 12.8 Å². The minimum absolute atomic E-state index is 0.141. The molecule has 2 rings (SSSR count). The van der Waals surface area contributed by atoms with Crippen molar-refractivity contribution in [3.8, 4) is 5.75 Å². The van der Waals surface area contributed by atoms with Gasteiger partial charge in [-0.3, -0.25) is 0 Å². The molecule has 0 fully saturated rings. The molecular weight excluding hydrogens is 242 g/mol. The van der Waals surface area contributed by atoms with Gasteiger partial charge in [-0.2, -0.15) is 0 Å². The second-order valence-corrected chi connectivity index (χ2v) is 4.56. The Morgan fingerprint density at radius 1 is 1.26 bits per heavy atom. The molecule has 4 nitrogen and oxygen atoms in total. The van der Waals surface area contributed by atoms with Gasteiger partial charge in [0.2, 0.25) is 0 Å². The maximum atomic E-state index is 10.5. The first-order valence-corrected chi connectivity index (χ1v) is 6.14. The van der Waals surface area contributed by atoms with Gasteiger partial charge in [0.05, 0.1) is 7.11 Å². The second kappa shape index (κ2) is 5.61. The van der Waals surface area contributed by atoms with Gasteiger partial charge in [0.1, 0.15) is 5.75 Å². The van der Waals surface area contributed by atoms with Crippen LogP contribution in [0, 0.1) is 0 Å². The molecule has 0 unspecified atom stereocenters. The van der Waals surface area contributed by atoms with Crippen molar-refractivity contribution in [3.63, 3.8) is 0 Å². The Bertz CT molecular complexity index is 595. The number of nitrogens with one attached hydrogen (secondary N) is 1. The predicted octanol–water partition coefficient (Wildman–Crippen LogP) is 3.22. The molecular formula is C15H17NO3. The Balaban J connectivity index is 2.23. The molecule has 0 spiro atoms. The standard InChI is InChI=1S/C15H17NO3/c1-10(9-16-15(17)18)11-3-4-13-8-14(19-2)6-5-12(13)7-11/h3-8,10,16H,9H2,1-2H3,(H,17,18)/t10-/m1/s1. The molecule has 0 radical (unpaired) electrons. The molecule has 19 heavy (non-hydrogen) atoms. The summed E-state index contributed by atoms with van der Waals surface area (Å²) in [6.07, 6.45) is -0.989. The van der Waals surface area contributed by atoms with Crippen molar-refractivity contribution in [2.75, 3.05) is 13.7 Å². The summed E-state index contributed by atoms with van der Waals surface area (Å²) in [5.74, 6) is 0.975. The number of carbonyl (C=O) groups is 1. The zero-order valence-electron chi connectivity index (χ0n) is 11.0. The molecule has 2 aromatic carbocycles. The Morgan fingerprint density at radius 2 is 1.95 bits per heavy atom. The average Bonchev–Trinajstić information content (AvgIpc) is 2.43. The number of amides is 1. The Hall–Kier alpha value is -2.23. The lowest BCUT2D eigenvalue weighted by molar-refractivity contribution is 0.194. The molecule has 1 amide bonds. The van der Waals surface area contributed by atoms with Crippen molar-refractivity contribution in [2.24, 2.45) is 0 Å². The van der Waals surface area contributed by atoms with Crippen LogP contribution in [0.15, 0.2) is 36.4 Å². The lowest BCUT2D eigenvalue weighted by Crippen LogP contribution is -2.25. The topological polar surface area (TPSA) is 58.6 Å². The molecule has 1 atom stereocenters. The minimum atomic E-state index is -0.989. The summed E-state index contributed by atoms with van der Waals surface area (Å²) in [5.41, 5.74) is 1.12. The van der Waals surface area contributed by atoms with Crippen LogP contribution < -0.4 is 10.1 Å². The van der Waals surface area contributed by atoms with E-state index in [1.54, 1.807) is 7.11 Å². The lowest BCUT2D eigenvalue weighted by Gasteiger charge is -2.13. The van der Waals surface area contributed by atoms with E-state index in [0.717, 1.165) is 22.1 Å². The Labute approximate surface area is 112 Å². The highest BCUT2D eigenvalue weighted by Crippen LogP contribution is 2.24. The number of ether oxygens (including phenoxy) is 1. The van der Waals surface area contributed by atoms with Crippen LogP contribution in [-0.4, -0.2) is 24.9 Å². The number of hydrogen-bond donors (Lipinski definition) is 2. The van der Waals surface area contributed by atoms with Gasteiger partial charge in [0, 0.05) is 6.54 Å². The third kappa shape index (κ3) is 3.16. The molecule has 0 aromatic heterocycles. The van der Waals surface area contributed by atoms with Crippen molar-refractivity contribution in [1.82, 2.24) is 5.32 Å². The maximum Gasteiger partial charge on any atom is 0.404 e. The number of rotatable bonds is 4. The highest BCUT2D eigenvalue weighted by Gasteiger charge is 2.08. The number of hydrogen-bond acceptors (Lipinski definition) is 2. The molecule has 0 aliphatic rings. The molecule has 2 N–H and O–H groups in total. The summed E-state index contributed by atoms with van der Waals surface area (Å²) < 4.78 is 5.19. The predicted molar refractivity (Wildman–Crippen MR) is 74.9 cm³/mol. The molecule has 2 aromatic rings. The van der Waals surface area contributed by atoms with Gasteiger partial charge in [-0.05, 0) is 34.4 Å². The smallest absolute Gasteiger partial charge is 0.404 e. The molecule has 0 saturated carbocycles. The summed E-state index contributed by atoms with van der Waals surface area (Å²) in [7, 11) is 1.65. The Morgan fingerprint density at radius 3 is 2.63 bits per heavy atom. The Kier molecular flexibility index (Phi) is 3.90. The highest BCUT2D eigenvalue weighted by atomic mass is 16.5. The third-order valence-electron chi connectivity index (χ3n) is 3.20. The summed E-state index contributed by atoms with van der Waals surface area (Å²) in [6, 6.07) is 12.1.